The topological polar surface area (TPSA) is 101 Å². The van der Waals surface area contributed by atoms with Crippen molar-refractivity contribution in [2.75, 3.05) is 19.6 Å². The van der Waals surface area contributed by atoms with Crippen LogP contribution in [0.5, 0.6) is 0 Å². The van der Waals surface area contributed by atoms with Gasteiger partial charge in [0.05, 0.1) is 13.1 Å². The quantitative estimate of drug-likeness (QED) is 0.346. The fourth-order valence-electron chi connectivity index (χ4n) is 1.09. The number of carbonyl (C=O) groups is 3. The molecule has 6 nitrogen and oxygen atoms in total. The van der Waals surface area contributed by atoms with Gasteiger partial charge in [-0.1, -0.05) is 6.42 Å². The Bertz CT molecular complexity index is 231. The van der Waals surface area contributed by atoms with Crippen LogP contribution in [0.4, 0.5) is 0 Å². The van der Waals surface area contributed by atoms with Crippen LogP contribution < -0.4 is 16.4 Å². The minimum atomic E-state index is -0.359. The van der Waals surface area contributed by atoms with E-state index < -0.39 is 0 Å². The van der Waals surface area contributed by atoms with E-state index in [1.165, 1.54) is 0 Å². The second-order valence-electron chi connectivity index (χ2n) is 3.35. The molecule has 0 saturated heterocycles. The molecule has 2 amide bonds. The molecular weight excluding hydrogens is 210 g/mol. The van der Waals surface area contributed by atoms with Gasteiger partial charge in [-0.05, 0) is 19.4 Å². The second-order valence-corrected chi connectivity index (χ2v) is 3.35. The average molecular weight is 229 g/mol. The summed E-state index contributed by atoms with van der Waals surface area (Å²) in [5.41, 5.74) is 5.31. The molecule has 6 heteroatoms. The van der Waals surface area contributed by atoms with Crippen LogP contribution in [0.15, 0.2) is 0 Å². The summed E-state index contributed by atoms with van der Waals surface area (Å²) in [6.07, 6.45) is 3.60. The van der Waals surface area contributed by atoms with Gasteiger partial charge >= 0.3 is 0 Å². The van der Waals surface area contributed by atoms with Gasteiger partial charge < -0.3 is 21.2 Å². The molecule has 0 radical (unpaired) electrons. The summed E-state index contributed by atoms with van der Waals surface area (Å²) in [5, 5.41) is 4.80. The van der Waals surface area contributed by atoms with Crippen LogP contribution in [0.1, 0.15) is 25.7 Å². The van der Waals surface area contributed by atoms with Crippen LogP contribution in [-0.2, 0) is 14.4 Å². The number of hydrogen-bond acceptors (Lipinski definition) is 4. The van der Waals surface area contributed by atoms with Crippen molar-refractivity contribution in [1.29, 1.82) is 0 Å². The number of unbranched alkanes of at least 4 members (excludes halogenated alkanes) is 2. The van der Waals surface area contributed by atoms with Crippen molar-refractivity contribution >= 4 is 18.1 Å². The van der Waals surface area contributed by atoms with Crippen LogP contribution in [0.25, 0.3) is 0 Å². The van der Waals surface area contributed by atoms with Crippen molar-refractivity contribution in [3.8, 4) is 0 Å². The zero-order valence-electron chi connectivity index (χ0n) is 9.33. The molecule has 0 fully saturated rings. The summed E-state index contributed by atoms with van der Waals surface area (Å²) >= 11 is 0. The number of nitrogens with two attached hydrogens (primary N) is 1. The second kappa shape index (κ2) is 10.1. The van der Waals surface area contributed by atoms with Gasteiger partial charge in [0.1, 0.15) is 6.29 Å². The molecule has 0 aliphatic carbocycles. The minimum Gasteiger partial charge on any atom is -0.348 e. The Labute approximate surface area is 94.9 Å². The number of hydrogen-bond donors (Lipinski definition) is 3. The summed E-state index contributed by atoms with van der Waals surface area (Å²) in [7, 11) is 0. The zero-order valence-corrected chi connectivity index (χ0v) is 9.33. The molecule has 0 rings (SSSR count). The first-order chi connectivity index (χ1) is 7.70. The molecule has 0 aliphatic rings. The highest BCUT2D eigenvalue weighted by Gasteiger charge is 2.04. The molecule has 0 atom stereocenters. The van der Waals surface area contributed by atoms with Crippen molar-refractivity contribution in [2.24, 2.45) is 5.73 Å². The van der Waals surface area contributed by atoms with Gasteiger partial charge in [-0.15, -0.1) is 0 Å². The predicted octanol–water partition coefficient (Wildman–Crippen LogP) is -1.06. The highest BCUT2D eigenvalue weighted by molar-refractivity contribution is 5.85. The van der Waals surface area contributed by atoms with Gasteiger partial charge in [0.15, 0.2) is 0 Å². The molecule has 0 saturated carbocycles. The monoisotopic (exact) mass is 229 g/mol. The van der Waals surface area contributed by atoms with Crippen molar-refractivity contribution in [1.82, 2.24) is 10.6 Å². The molecule has 0 aromatic heterocycles. The van der Waals surface area contributed by atoms with E-state index >= 15 is 0 Å². The number of nitrogens with one attached hydrogen (secondary N) is 2. The number of carbonyl (C=O) groups excluding carboxylic acids is 3. The number of aldehydes is 1. The zero-order chi connectivity index (χ0) is 12.2. The Morgan fingerprint density at radius 1 is 1.06 bits per heavy atom. The highest BCUT2D eigenvalue weighted by atomic mass is 16.2. The Morgan fingerprint density at radius 3 is 2.44 bits per heavy atom. The summed E-state index contributed by atoms with van der Waals surface area (Å²) in [4.78, 5) is 32.1. The van der Waals surface area contributed by atoms with Crippen LogP contribution in [0, 0.1) is 0 Å². The normalized spacial score (nSPS) is 9.56. The Kier molecular flexibility index (Phi) is 9.20. The Morgan fingerprint density at radius 2 is 1.81 bits per heavy atom. The van der Waals surface area contributed by atoms with Crippen LogP contribution in [0.3, 0.4) is 0 Å². The van der Waals surface area contributed by atoms with Crippen molar-refractivity contribution in [3.63, 3.8) is 0 Å². The van der Waals surface area contributed by atoms with E-state index in [0.29, 0.717) is 19.3 Å². The summed E-state index contributed by atoms with van der Waals surface area (Å²) in [6, 6.07) is 0. The van der Waals surface area contributed by atoms with E-state index in [2.05, 4.69) is 10.6 Å². The average Bonchev–Trinajstić information content (AvgIpc) is 2.29. The van der Waals surface area contributed by atoms with E-state index in [1.54, 1.807) is 0 Å². The molecule has 92 valence electrons. The molecule has 16 heavy (non-hydrogen) atoms. The molecule has 4 N–H and O–H groups in total. The van der Waals surface area contributed by atoms with Crippen LogP contribution in [-0.4, -0.2) is 37.7 Å². The lowest BCUT2D eigenvalue weighted by Crippen LogP contribution is -2.37. The SMILES string of the molecule is NCCCCCC(=O)NCC(=O)NCC=O. The number of rotatable bonds is 9. The Hall–Kier alpha value is -1.43. The van der Waals surface area contributed by atoms with E-state index in [9.17, 15) is 14.4 Å². The fourth-order valence-corrected chi connectivity index (χ4v) is 1.09. The van der Waals surface area contributed by atoms with E-state index in [1.807, 2.05) is 0 Å². The van der Waals surface area contributed by atoms with Gasteiger partial charge in [-0.3, -0.25) is 9.59 Å². The van der Waals surface area contributed by atoms with Gasteiger partial charge in [-0.2, -0.15) is 0 Å². The lowest BCUT2D eigenvalue weighted by atomic mass is 10.2. The molecule has 0 aromatic rings. The first-order valence-electron chi connectivity index (χ1n) is 5.37. The van der Waals surface area contributed by atoms with E-state index in [0.717, 1.165) is 19.3 Å². The summed E-state index contributed by atoms with van der Waals surface area (Å²) < 4.78 is 0. The molecule has 0 aliphatic heterocycles. The van der Waals surface area contributed by atoms with E-state index in [-0.39, 0.29) is 24.9 Å². The fraction of sp³-hybridized carbons (Fsp3) is 0.700. The van der Waals surface area contributed by atoms with Crippen molar-refractivity contribution in [3.05, 3.63) is 0 Å². The molecular formula is C10H19N3O3. The Balaban J connectivity index is 3.42. The first-order valence-corrected chi connectivity index (χ1v) is 5.37. The smallest absolute Gasteiger partial charge is 0.239 e. The van der Waals surface area contributed by atoms with Gasteiger partial charge in [0, 0.05) is 6.42 Å². The highest BCUT2D eigenvalue weighted by Crippen LogP contribution is 1.97. The van der Waals surface area contributed by atoms with Crippen LogP contribution >= 0.6 is 0 Å². The number of amides is 2. The minimum absolute atomic E-state index is 0.0226. The molecule has 0 heterocycles. The lowest BCUT2D eigenvalue weighted by molar-refractivity contribution is -0.126. The molecule has 0 unspecified atom stereocenters. The maximum absolute atomic E-state index is 11.2. The third kappa shape index (κ3) is 9.14. The largest absolute Gasteiger partial charge is 0.348 e. The lowest BCUT2D eigenvalue weighted by Gasteiger charge is -2.04. The standard InChI is InChI=1S/C10H19N3O3/c11-5-3-1-2-4-9(15)13-8-10(16)12-6-7-14/h7H,1-6,8,11H2,(H,12,16)(H,13,15). The van der Waals surface area contributed by atoms with E-state index in [4.69, 9.17) is 5.73 Å². The first kappa shape index (κ1) is 14.6. The van der Waals surface area contributed by atoms with Crippen molar-refractivity contribution < 1.29 is 14.4 Å². The molecule has 0 aromatic carbocycles. The summed E-state index contributed by atoms with van der Waals surface area (Å²) in [5.74, 6) is -0.513. The van der Waals surface area contributed by atoms with Crippen LogP contribution in [0.2, 0.25) is 0 Å². The predicted molar refractivity (Wildman–Crippen MR) is 59.6 cm³/mol. The maximum atomic E-state index is 11.2. The molecule has 0 spiro atoms. The third-order valence-corrected chi connectivity index (χ3v) is 1.94. The van der Waals surface area contributed by atoms with Crippen molar-refractivity contribution in [2.45, 2.75) is 25.7 Å². The summed E-state index contributed by atoms with van der Waals surface area (Å²) in [6.45, 7) is 0.532. The molecule has 0 bridgehead atoms. The van der Waals surface area contributed by atoms with Gasteiger partial charge in [-0.25, -0.2) is 0 Å². The maximum Gasteiger partial charge on any atom is 0.239 e. The van der Waals surface area contributed by atoms with Gasteiger partial charge in [0.25, 0.3) is 0 Å². The third-order valence-electron chi connectivity index (χ3n) is 1.94. The van der Waals surface area contributed by atoms with Gasteiger partial charge in [0.2, 0.25) is 11.8 Å².